The number of hydrogen-bond acceptors (Lipinski definition) is 3. The molecule has 0 aromatic heterocycles. The third-order valence-electron chi connectivity index (χ3n) is 10.8. The van der Waals surface area contributed by atoms with Crippen molar-refractivity contribution in [3.05, 3.63) is 11.8 Å². The predicted octanol–water partition coefficient (Wildman–Crippen LogP) is 7.41. The standard InChI is InChI=1S/C27H44O3/c1-19(7-6-8-20(17-28)18-30-29)23-12-13-24-22-11-10-21-9-4-5-15-26(21,2)25(22)14-16-27(23,24)3/h17-19,21-25,29H,4-16H2,1-3H3/t19?,21?,22-,23+,24-,25-,26-,27+/m0/s1. The maximum absolute atomic E-state index is 11.1. The van der Waals surface area contributed by atoms with Gasteiger partial charge in [0.2, 0.25) is 0 Å². The molecule has 8 atom stereocenters. The molecule has 0 saturated heterocycles. The normalized spacial score (nSPS) is 44.5. The molecule has 0 amide bonds. The van der Waals surface area contributed by atoms with Crippen molar-refractivity contribution >= 4 is 6.29 Å². The molecule has 2 unspecified atom stereocenters. The van der Waals surface area contributed by atoms with Crippen molar-refractivity contribution in [2.75, 3.05) is 0 Å². The molecule has 4 aliphatic rings. The van der Waals surface area contributed by atoms with Crippen LogP contribution < -0.4 is 0 Å². The van der Waals surface area contributed by atoms with Crippen LogP contribution in [0.4, 0.5) is 0 Å². The molecule has 3 nitrogen and oxygen atoms in total. The van der Waals surface area contributed by atoms with Gasteiger partial charge in [0.1, 0.15) is 12.5 Å². The monoisotopic (exact) mass is 416 g/mol. The number of carbonyl (C=O) groups is 1. The Morgan fingerprint density at radius 1 is 1.03 bits per heavy atom. The van der Waals surface area contributed by atoms with Gasteiger partial charge < -0.3 is 4.89 Å². The van der Waals surface area contributed by atoms with Gasteiger partial charge in [-0.25, -0.2) is 5.26 Å². The Bertz CT molecular complexity index is 642. The maximum Gasteiger partial charge on any atom is 0.149 e. The molecule has 4 saturated carbocycles. The predicted molar refractivity (Wildman–Crippen MR) is 121 cm³/mol. The van der Waals surface area contributed by atoms with Gasteiger partial charge in [-0.15, -0.1) is 0 Å². The van der Waals surface area contributed by atoms with Crippen LogP contribution in [-0.2, 0) is 9.68 Å². The number of aldehydes is 1. The zero-order valence-corrected chi connectivity index (χ0v) is 19.6. The molecule has 0 heterocycles. The van der Waals surface area contributed by atoms with Crippen molar-refractivity contribution in [3.63, 3.8) is 0 Å². The highest BCUT2D eigenvalue weighted by molar-refractivity contribution is 5.72. The van der Waals surface area contributed by atoms with E-state index in [1.54, 1.807) is 0 Å². The van der Waals surface area contributed by atoms with Gasteiger partial charge in [0.15, 0.2) is 0 Å². The molecule has 0 aliphatic heterocycles. The smallest absolute Gasteiger partial charge is 0.149 e. The summed E-state index contributed by atoms with van der Waals surface area (Å²) in [5.41, 5.74) is 1.72. The lowest BCUT2D eigenvalue weighted by Gasteiger charge is -2.61. The fraction of sp³-hybridized carbons (Fsp3) is 0.889. The fourth-order valence-corrected chi connectivity index (χ4v) is 9.31. The number of hydrogen-bond donors (Lipinski definition) is 1. The minimum absolute atomic E-state index is 0.524. The van der Waals surface area contributed by atoms with Crippen LogP contribution in [0.2, 0.25) is 0 Å². The second-order valence-corrected chi connectivity index (χ2v) is 11.9. The Morgan fingerprint density at radius 3 is 2.60 bits per heavy atom. The van der Waals surface area contributed by atoms with Crippen molar-refractivity contribution in [3.8, 4) is 0 Å². The van der Waals surface area contributed by atoms with Crippen LogP contribution in [0.25, 0.3) is 0 Å². The maximum atomic E-state index is 11.1. The lowest BCUT2D eigenvalue weighted by Crippen LogP contribution is -2.53. The van der Waals surface area contributed by atoms with E-state index in [4.69, 9.17) is 5.26 Å². The van der Waals surface area contributed by atoms with Crippen molar-refractivity contribution in [2.45, 2.75) is 104 Å². The van der Waals surface area contributed by atoms with E-state index in [-0.39, 0.29) is 0 Å². The first kappa shape index (κ1) is 22.4. The minimum atomic E-state index is 0.524. The second kappa shape index (κ2) is 8.96. The van der Waals surface area contributed by atoms with Crippen LogP contribution in [0.1, 0.15) is 104 Å². The Balaban J connectivity index is 1.41. The van der Waals surface area contributed by atoms with E-state index in [1.807, 2.05) is 0 Å². The molecule has 0 aromatic carbocycles. The van der Waals surface area contributed by atoms with Gasteiger partial charge >= 0.3 is 0 Å². The van der Waals surface area contributed by atoms with E-state index in [2.05, 4.69) is 25.7 Å². The third kappa shape index (κ3) is 3.78. The molecule has 0 bridgehead atoms. The first-order chi connectivity index (χ1) is 14.4. The highest BCUT2D eigenvalue weighted by atomic mass is 17.1. The lowest BCUT2D eigenvalue weighted by atomic mass is 9.44. The van der Waals surface area contributed by atoms with Gasteiger partial charge in [-0.2, -0.15) is 0 Å². The van der Waals surface area contributed by atoms with Crippen LogP contribution in [0.5, 0.6) is 0 Å². The summed E-state index contributed by atoms with van der Waals surface area (Å²) in [6.07, 6.45) is 19.5. The van der Waals surface area contributed by atoms with Gasteiger partial charge in [0.05, 0.1) is 0 Å². The van der Waals surface area contributed by atoms with Crippen molar-refractivity contribution in [1.82, 2.24) is 0 Å². The lowest BCUT2D eigenvalue weighted by molar-refractivity contribution is -0.187. The van der Waals surface area contributed by atoms with Crippen LogP contribution in [0.15, 0.2) is 11.8 Å². The number of allylic oxidation sites excluding steroid dienone is 1. The summed E-state index contributed by atoms with van der Waals surface area (Å²) in [6, 6.07) is 0. The average molecular weight is 417 g/mol. The molecule has 3 heteroatoms. The number of rotatable bonds is 7. The SMILES string of the molecule is CC(CCCC(C=O)=COO)[C@H]1CC[C@H]2[C@@H]3CCC4CCCC[C@]4(C)[C@H]3CC[C@]12C. The summed E-state index contributed by atoms with van der Waals surface area (Å²) in [7, 11) is 0. The van der Waals surface area contributed by atoms with E-state index in [1.165, 1.54) is 70.5 Å². The Hall–Kier alpha value is -0.830. The van der Waals surface area contributed by atoms with E-state index in [0.717, 1.165) is 48.7 Å². The minimum Gasteiger partial charge on any atom is -0.348 e. The van der Waals surface area contributed by atoms with Crippen LogP contribution in [0, 0.1) is 46.3 Å². The zero-order valence-electron chi connectivity index (χ0n) is 19.6. The van der Waals surface area contributed by atoms with Crippen LogP contribution in [0.3, 0.4) is 0 Å². The van der Waals surface area contributed by atoms with Crippen LogP contribution >= 0.6 is 0 Å². The third-order valence-corrected chi connectivity index (χ3v) is 10.8. The van der Waals surface area contributed by atoms with Gasteiger partial charge in [-0.1, -0.05) is 40.0 Å². The highest BCUT2D eigenvalue weighted by Crippen LogP contribution is 2.68. The van der Waals surface area contributed by atoms with E-state index < -0.39 is 0 Å². The summed E-state index contributed by atoms with van der Waals surface area (Å²) < 4.78 is 0. The topological polar surface area (TPSA) is 46.5 Å². The van der Waals surface area contributed by atoms with Gasteiger partial charge in [-0.05, 0) is 111 Å². The molecule has 0 aromatic rings. The van der Waals surface area contributed by atoms with E-state index >= 15 is 0 Å². The molecule has 4 fully saturated rings. The van der Waals surface area contributed by atoms with Crippen molar-refractivity contribution in [1.29, 1.82) is 0 Å². The molecule has 0 radical (unpaired) electrons. The largest absolute Gasteiger partial charge is 0.348 e. The first-order valence-electron chi connectivity index (χ1n) is 12.9. The fourth-order valence-electron chi connectivity index (χ4n) is 9.31. The van der Waals surface area contributed by atoms with Gasteiger partial charge in [-0.3, -0.25) is 4.79 Å². The summed E-state index contributed by atoms with van der Waals surface area (Å²) in [5, 5.41) is 8.56. The highest BCUT2D eigenvalue weighted by Gasteiger charge is 2.59. The molecule has 4 rings (SSSR count). The molecule has 170 valence electrons. The summed E-state index contributed by atoms with van der Waals surface area (Å²) in [4.78, 5) is 15.1. The number of fused-ring (bicyclic) bond motifs is 5. The van der Waals surface area contributed by atoms with Crippen molar-refractivity contribution < 1.29 is 14.9 Å². The molecule has 4 aliphatic carbocycles. The first-order valence-corrected chi connectivity index (χ1v) is 12.9. The molecule has 0 spiro atoms. The zero-order chi connectivity index (χ0) is 21.4. The van der Waals surface area contributed by atoms with Gasteiger partial charge in [0.25, 0.3) is 0 Å². The average Bonchev–Trinajstić information content (AvgIpc) is 3.10. The van der Waals surface area contributed by atoms with E-state index in [9.17, 15) is 4.79 Å². The molecule has 1 N–H and O–H groups in total. The number of carbonyl (C=O) groups excluding carboxylic acids is 1. The Morgan fingerprint density at radius 2 is 1.83 bits per heavy atom. The van der Waals surface area contributed by atoms with Crippen LogP contribution in [-0.4, -0.2) is 11.5 Å². The molecular formula is C27H44O3. The summed E-state index contributed by atoms with van der Waals surface area (Å²) >= 11 is 0. The van der Waals surface area contributed by atoms with Crippen molar-refractivity contribution in [2.24, 2.45) is 46.3 Å². The quantitative estimate of drug-likeness (QED) is 0.154. The Kier molecular flexibility index (Phi) is 6.68. The summed E-state index contributed by atoms with van der Waals surface area (Å²) in [6.45, 7) is 7.78. The molecule has 30 heavy (non-hydrogen) atoms. The molecular weight excluding hydrogens is 372 g/mol. The Labute approximate surface area is 184 Å². The van der Waals surface area contributed by atoms with E-state index in [0.29, 0.717) is 28.7 Å². The summed E-state index contributed by atoms with van der Waals surface area (Å²) in [5.74, 6) is 5.46. The van der Waals surface area contributed by atoms with Gasteiger partial charge in [0, 0.05) is 5.57 Å². The second-order valence-electron chi connectivity index (χ2n) is 11.9.